The molecule has 122 valence electrons. The molecule has 0 atom stereocenters. The molecule has 0 aliphatic heterocycles. The number of carbonyl (C=O) groups is 1. The fraction of sp³-hybridized carbons (Fsp3) is 0.167. The number of hydrogen-bond donors (Lipinski definition) is 0. The number of hydrogen-bond acceptors (Lipinski definition) is 4. The Bertz CT molecular complexity index is 862. The summed E-state index contributed by atoms with van der Waals surface area (Å²) in [4.78, 5) is 14.0. The molecular weight excluding hydrogens is 326 g/mol. The van der Waals surface area contributed by atoms with Crippen molar-refractivity contribution in [2.24, 2.45) is 0 Å². The molecule has 0 aliphatic rings. The van der Waals surface area contributed by atoms with E-state index < -0.39 is 0 Å². The van der Waals surface area contributed by atoms with E-state index in [-0.39, 0.29) is 12.5 Å². The van der Waals surface area contributed by atoms with Gasteiger partial charge in [0.25, 0.3) is 5.91 Å². The van der Waals surface area contributed by atoms with Crippen molar-refractivity contribution in [3.63, 3.8) is 0 Å². The summed E-state index contributed by atoms with van der Waals surface area (Å²) in [6.45, 7) is 2.14. The van der Waals surface area contributed by atoms with Gasteiger partial charge in [-0.1, -0.05) is 35.9 Å². The molecule has 1 heterocycles. The molecule has 5 nitrogen and oxygen atoms in total. The standard InChI is InChI=1S/C18H16ClN3O2/c1-12-8-9-14(15(19)10-12)18(23)22(2)11-16-20-21-17(24-16)13-6-4-3-5-7-13/h3-10H,11H2,1-2H3. The van der Waals surface area contributed by atoms with Gasteiger partial charge in [-0.15, -0.1) is 10.2 Å². The number of nitrogens with zero attached hydrogens (tertiary/aromatic N) is 3. The minimum absolute atomic E-state index is 0.195. The van der Waals surface area contributed by atoms with Gasteiger partial charge < -0.3 is 9.32 Å². The predicted octanol–water partition coefficient (Wildman–Crippen LogP) is 3.97. The van der Waals surface area contributed by atoms with Crippen LogP contribution in [0.15, 0.2) is 52.9 Å². The van der Waals surface area contributed by atoms with Gasteiger partial charge in [-0.3, -0.25) is 4.79 Å². The zero-order valence-corrected chi connectivity index (χ0v) is 14.1. The molecular formula is C18H16ClN3O2. The molecule has 6 heteroatoms. The lowest BCUT2D eigenvalue weighted by atomic mass is 10.1. The molecule has 1 aromatic heterocycles. The van der Waals surface area contributed by atoms with Gasteiger partial charge in [0.05, 0.1) is 17.1 Å². The van der Waals surface area contributed by atoms with E-state index in [0.29, 0.717) is 22.4 Å². The van der Waals surface area contributed by atoms with Crippen LogP contribution in [0, 0.1) is 6.92 Å². The Morgan fingerprint density at radius 1 is 1.17 bits per heavy atom. The highest BCUT2D eigenvalue weighted by Crippen LogP contribution is 2.21. The number of benzene rings is 2. The zero-order valence-electron chi connectivity index (χ0n) is 13.4. The fourth-order valence-corrected chi connectivity index (χ4v) is 2.60. The summed E-state index contributed by atoms with van der Waals surface area (Å²) in [6.07, 6.45) is 0. The Labute approximate surface area is 144 Å². The normalized spacial score (nSPS) is 10.6. The monoisotopic (exact) mass is 341 g/mol. The van der Waals surface area contributed by atoms with Crippen LogP contribution < -0.4 is 0 Å². The molecule has 0 N–H and O–H groups in total. The second-order valence-corrected chi connectivity index (χ2v) is 5.92. The van der Waals surface area contributed by atoms with Crippen molar-refractivity contribution in [3.8, 4) is 11.5 Å². The molecule has 0 saturated heterocycles. The molecule has 0 saturated carbocycles. The number of amides is 1. The average molecular weight is 342 g/mol. The highest BCUT2D eigenvalue weighted by atomic mass is 35.5. The van der Waals surface area contributed by atoms with Crippen LogP contribution in [0.2, 0.25) is 5.02 Å². The number of aromatic nitrogens is 2. The first kappa shape index (κ1) is 16.2. The maximum Gasteiger partial charge on any atom is 0.255 e. The van der Waals surface area contributed by atoms with E-state index in [0.717, 1.165) is 11.1 Å². The van der Waals surface area contributed by atoms with Gasteiger partial charge in [-0.05, 0) is 36.8 Å². The minimum atomic E-state index is -0.195. The summed E-state index contributed by atoms with van der Waals surface area (Å²) >= 11 is 6.16. The van der Waals surface area contributed by atoms with Gasteiger partial charge in [0, 0.05) is 12.6 Å². The van der Waals surface area contributed by atoms with Gasteiger partial charge in [0.2, 0.25) is 11.8 Å². The van der Waals surface area contributed by atoms with Gasteiger partial charge in [0.1, 0.15) is 0 Å². The Kier molecular flexibility index (Phi) is 4.62. The van der Waals surface area contributed by atoms with E-state index in [1.165, 1.54) is 4.90 Å². The molecule has 0 radical (unpaired) electrons. The number of aryl methyl sites for hydroxylation is 1. The molecule has 1 amide bonds. The first-order chi connectivity index (χ1) is 11.5. The summed E-state index contributed by atoms with van der Waals surface area (Å²) < 4.78 is 5.63. The number of halogens is 1. The average Bonchev–Trinajstić information content (AvgIpc) is 3.03. The van der Waals surface area contributed by atoms with Crippen molar-refractivity contribution in [3.05, 3.63) is 70.6 Å². The molecule has 0 unspecified atom stereocenters. The zero-order chi connectivity index (χ0) is 17.1. The largest absolute Gasteiger partial charge is 0.419 e. The van der Waals surface area contributed by atoms with Crippen LogP contribution in [0.25, 0.3) is 11.5 Å². The third-order valence-electron chi connectivity index (χ3n) is 3.56. The summed E-state index contributed by atoms with van der Waals surface area (Å²) in [5.41, 5.74) is 2.29. The Hall–Kier alpha value is -2.66. The Morgan fingerprint density at radius 3 is 2.62 bits per heavy atom. The highest BCUT2D eigenvalue weighted by molar-refractivity contribution is 6.33. The number of carbonyl (C=O) groups excluding carboxylic acids is 1. The van der Waals surface area contributed by atoms with E-state index in [1.807, 2.05) is 43.3 Å². The maximum atomic E-state index is 12.5. The summed E-state index contributed by atoms with van der Waals surface area (Å²) in [5, 5.41) is 8.45. The van der Waals surface area contributed by atoms with Crippen molar-refractivity contribution in [2.75, 3.05) is 7.05 Å². The topological polar surface area (TPSA) is 59.2 Å². The van der Waals surface area contributed by atoms with Gasteiger partial charge >= 0.3 is 0 Å². The minimum Gasteiger partial charge on any atom is -0.419 e. The number of rotatable bonds is 4. The predicted molar refractivity (Wildman–Crippen MR) is 91.7 cm³/mol. The van der Waals surface area contributed by atoms with Crippen molar-refractivity contribution in [2.45, 2.75) is 13.5 Å². The molecule has 2 aromatic carbocycles. The molecule has 0 aliphatic carbocycles. The van der Waals surface area contributed by atoms with Crippen molar-refractivity contribution in [1.82, 2.24) is 15.1 Å². The van der Waals surface area contributed by atoms with Crippen LogP contribution in [0.1, 0.15) is 21.8 Å². The van der Waals surface area contributed by atoms with Crippen LogP contribution in [0.5, 0.6) is 0 Å². The smallest absolute Gasteiger partial charge is 0.255 e. The van der Waals surface area contributed by atoms with Crippen molar-refractivity contribution >= 4 is 17.5 Å². The van der Waals surface area contributed by atoms with E-state index in [9.17, 15) is 4.79 Å². The lowest BCUT2D eigenvalue weighted by Gasteiger charge is -2.16. The first-order valence-corrected chi connectivity index (χ1v) is 7.82. The Morgan fingerprint density at radius 2 is 1.92 bits per heavy atom. The Balaban J connectivity index is 1.74. The van der Waals surface area contributed by atoms with Crippen molar-refractivity contribution in [1.29, 1.82) is 0 Å². The first-order valence-electron chi connectivity index (χ1n) is 7.44. The van der Waals surface area contributed by atoms with Crippen LogP contribution in [-0.4, -0.2) is 28.1 Å². The highest BCUT2D eigenvalue weighted by Gasteiger charge is 2.18. The molecule has 24 heavy (non-hydrogen) atoms. The second kappa shape index (κ2) is 6.84. The van der Waals surface area contributed by atoms with Gasteiger partial charge in [0.15, 0.2) is 0 Å². The van der Waals surface area contributed by atoms with Crippen LogP contribution in [0.4, 0.5) is 0 Å². The second-order valence-electron chi connectivity index (χ2n) is 5.51. The van der Waals surface area contributed by atoms with E-state index in [4.69, 9.17) is 16.0 Å². The lowest BCUT2D eigenvalue weighted by Crippen LogP contribution is -2.26. The summed E-state index contributed by atoms with van der Waals surface area (Å²) in [6, 6.07) is 14.8. The molecule has 0 spiro atoms. The van der Waals surface area contributed by atoms with E-state index >= 15 is 0 Å². The fourth-order valence-electron chi connectivity index (χ4n) is 2.29. The molecule has 0 fully saturated rings. The summed E-state index contributed by atoms with van der Waals surface area (Å²) in [5.74, 6) is 0.604. The van der Waals surface area contributed by atoms with E-state index in [2.05, 4.69) is 10.2 Å². The quantitative estimate of drug-likeness (QED) is 0.720. The lowest BCUT2D eigenvalue weighted by molar-refractivity contribution is 0.0773. The van der Waals surface area contributed by atoms with Crippen LogP contribution in [-0.2, 0) is 6.54 Å². The van der Waals surface area contributed by atoms with Crippen LogP contribution >= 0.6 is 11.6 Å². The summed E-state index contributed by atoms with van der Waals surface area (Å²) in [7, 11) is 1.67. The van der Waals surface area contributed by atoms with Gasteiger partial charge in [-0.25, -0.2) is 0 Å². The van der Waals surface area contributed by atoms with E-state index in [1.54, 1.807) is 19.2 Å². The third kappa shape index (κ3) is 3.46. The van der Waals surface area contributed by atoms with Crippen molar-refractivity contribution < 1.29 is 9.21 Å². The third-order valence-corrected chi connectivity index (χ3v) is 3.87. The molecule has 0 bridgehead atoms. The SMILES string of the molecule is Cc1ccc(C(=O)N(C)Cc2nnc(-c3ccccc3)o2)c(Cl)c1. The van der Waals surface area contributed by atoms with Gasteiger partial charge in [-0.2, -0.15) is 0 Å². The van der Waals surface area contributed by atoms with Crippen LogP contribution in [0.3, 0.4) is 0 Å². The molecule has 3 aromatic rings. The molecule has 3 rings (SSSR count). The maximum absolute atomic E-state index is 12.5.